The van der Waals surface area contributed by atoms with E-state index < -0.39 is 0 Å². The summed E-state index contributed by atoms with van der Waals surface area (Å²) >= 11 is 8.57. The number of rotatable bonds is 7. The fraction of sp³-hybridized carbons (Fsp3) is 0.250. The lowest BCUT2D eigenvalue weighted by Gasteiger charge is -2.21. The SMILES string of the molecule is CC(C)[C@H](CO)Nc1nc(Nc2ccc(I)cc2Cl)cc(-c2ccncc2)n1. The number of nitrogens with zero attached hydrogens (tertiary/aromatic N) is 3. The standard InChI is InChI=1S/C20H21ClIN5O/c1-12(2)18(11-28)26-20-25-17(13-5-7-23-8-6-13)10-19(27-20)24-16-4-3-14(22)9-15(16)21/h3-10,12,18,28H,11H2,1-2H3,(H2,24,25,26,27)/t18-/m0/s1. The van der Waals surface area contributed by atoms with Gasteiger partial charge in [0.1, 0.15) is 5.82 Å². The second-order valence-electron chi connectivity index (χ2n) is 6.62. The number of anilines is 3. The Balaban J connectivity index is 1.99. The predicted octanol–water partition coefficient (Wildman–Crippen LogP) is 4.97. The van der Waals surface area contributed by atoms with E-state index in [-0.39, 0.29) is 18.6 Å². The highest BCUT2D eigenvalue weighted by atomic mass is 127. The van der Waals surface area contributed by atoms with E-state index in [0.29, 0.717) is 16.8 Å². The van der Waals surface area contributed by atoms with E-state index in [9.17, 15) is 5.11 Å². The molecule has 8 heteroatoms. The Hall–Kier alpha value is -1.97. The first-order valence-corrected chi connectivity index (χ1v) is 10.3. The lowest BCUT2D eigenvalue weighted by molar-refractivity contribution is 0.248. The molecule has 1 aromatic carbocycles. The molecule has 28 heavy (non-hydrogen) atoms. The summed E-state index contributed by atoms with van der Waals surface area (Å²) in [6.45, 7) is 4.06. The summed E-state index contributed by atoms with van der Waals surface area (Å²) in [5.74, 6) is 1.26. The topological polar surface area (TPSA) is 83.0 Å². The Morgan fingerprint density at radius 1 is 1.11 bits per heavy atom. The minimum absolute atomic E-state index is 0.00771. The fourth-order valence-electron chi connectivity index (χ4n) is 2.56. The highest BCUT2D eigenvalue weighted by molar-refractivity contribution is 14.1. The molecule has 3 aromatic rings. The van der Waals surface area contributed by atoms with Crippen LogP contribution in [0.15, 0.2) is 48.8 Å². The third-order valence-corrected chi connectivity index (χ3v) is 5.20. The van der Waals surface area contributed by atoms with Crippen molar-refractivity contribution in [2.24, 2.45) is 5.92 Å². The van der Waals surface area contributed by atoms with Gasteiger partial charge in [-0.25, -0.2) is 4.98 Å². The first-order valence-electron chi connectivity index (χ1n) is 8.85. The number of aliphatic hydroxyl groups excluding tert-OH is 1. The van der Waals surface area contributed by atoms with Gasteiger partial charge < -0.3 is 15.7 Å². The first-order chi connectivity index (χ1) is 13.5. The maximum atomic E-state index is 9.65. The van der Waals surface area contributed by atoms with Crippen molar-refractivity contribution in [1.29, 1.82) is 0 Å². The van der Waals surface area contributed by atoms with Gasteiger partial charge >= 0.3 is 0 Å². The second-order valence-corrected chi connectivity index (χ2v) is 8.28. The van der Waals surface area contributed by atoms with E-state index in [4.69, 9.17) is 11.6 Å². The molecule has 1 atom stereocenters. The number of pyridine rings is 1. The number of hydrogen-bond acceptors (Lipinski definition) is 6. The summed E-state index contributed by atoms with van der Waals surface area (Å²) in [5, 5.41) is 16.8. The highest BCUT2D eigenvalue weighted by Gasteiger charge is 2.15. The molecule has 0 saturated heterocycles. The molecule has 0 fully saturated rings. The molecule has 0 spiro atoms. The van der Waals surface area contributed by atoms with Gasteiger partial charge in [-0.1, -0.05) is 25.4 Å². The van der Waals surface area contributed by atoms with Crippen LogP contribution in [0.2, 0.25) is 5.02 Å². The molecule has 3 rings (SSSR count). The van der Waals surface area contributed by atoms with E-state index in [1.165, 1.54) is 0 Å². The van der Waals surface area contributed by atoms with Crippen molar-refractivity contribution in [2.45, 2.75) is 19.9 Å². The first kappa shape index (κ1) is 20.8. The Morgan fingerprint density at radius 2 is 1.86 bits per heavy atom. The number of hydrogen-bond donors (Lipinski definition) is 3. The van der Waals surface area contributed by atoms with Gasteiger partial charge in [0.25, 0.3) is 0 Å². The van der Waals surface area contributed by atoms with Gasteiger partial charge in [0.05, 0.1) is 29.1 Å². The molecule has 6 nitrogen and oxygen atoms in total. The van der Waals surface area contributed by atoms with E-state index in [2.05, 4.69) is 48.2 Å². The van der Waals surface area contributed by atoms with Gasteiger partial charge in [-0.05, 0) is 58.8 Å². The van der Waals surface area contributed by atoms with Crippen LogP contribution >= 0.6 is 34.2 Å². The van der Waals surface area contributed by atoms with E-state index in [1.807, 2.05) is 50.2 Å². The largest absolute Gasteiger partial charge is 0.394 e. The van der Waals surface area contributed by atoms with Crippen molar-refractivity contribution in [2.75, 3.05) is 17.2 Å². The maximum Gasteiger partial charge on any atom is 0.225 e. The summed E-state index contributed by atoms with van der Waals surface area (Å²) in [6, 6.07) is 11.3. The normalized spacial score (nSPS) is 12.1. The van der Waals surface area contributed by atoms with Gasteiger partial charge in [-0.15, -0.1) is 0 Å². The van der Waals surface area contributed by atoms with Crippen molar-refractivity contribution in [3.63, 3.8) is 0 Å². The predicted molar refractivity (Wildman–Crippen MR) is 122 cm³/mol. The van der Waals surface area contributed by atoms with Gasteiger partial charge in [0, 0.05) is 27.6 Å². The average Bonchev–Trinajstić information content (AvgIpc) is 2.68. The summed E-state index contributed by atoms with van der Waals surface area (Å²) in [6.07, 6.45) is 3.44. The Labute approximate surface area is 182 Å². The zero-order valence-corrected chi connectivity index (χ0v) is 18.4. The minimum Gasteiger partial charge on any atom is -0.394 e. The van der Waals surface area contributed by atoms with E-state index in [0.717, 1.165) is 20.5 Å². The lowest BCUT2D eigenvalue weighted by atomic mass is 10.1. The minimum atomic E-state index is -0.151. The van der Waals surface area contributed by atoms with Crippen LogP contribution in [0.3, 0.4) is 0 Å². The molecule has 0 unspecified atom stereocenters. The van der Waals surface area contributed by atoms with Crippen LogP contribution in [0.25, 0.3) is 11.3 Å². The molecule has 2 aromatic heterocycles. The van der Waals surface area contributed by atoms with Crippen LogP contribution in [-0.2, 0) is 0 Å². The summed E-state index contributed by atoms with van der Waals surface area (Å²) < 4.78 is 1.05. The number of aliphatic hydroxyl groups is 1. The summed E-state index contributed by atoms with van der Waals surface area (Å²) in [5.41, 5.74) is 2.42. The van der Waals surface area contributed by atoms with Crippen LogP contribution in [-0.4, -0.2) is 32.7 Å². The summed E-state index contributed by atoms with van der Waals surface area (Å²) in [7, 11) is 0. The fourth-order valence-corrected chi connectivity index (χ4v) is 3.47. The van der Waals surface area contributed by atoms with Crippen LogP contribution in [0.1, 0.15) is 13.8 Å². The van der Waals surface area contributed by atoms with Crippen LogP contribution in [0, 0.1) is 9.49 Å². The van der Waals surface area contributed by atoms with E-state index in [1.54, 1.807) is 12.4 Å². The van der Waals surface area contributed by atoms with Crippen molar-refractivity contribution >= 4 is 51.6 Å². The quantitative estimate of drug-likeness (QED) is 0.390. The maximum absolute atomic E-state index is 9.65. The zero-order chi connectivity index (χ0) is 20.1. The van der Waals surface area contributed by atoms with Crippen molar-refractivity contribution in [3.8, 4) is 11.3 Å². The average molecular weight is 510 g/mol. The smallest absolute Gasteiger partial charge is 0.225 e. The Morgan fingerprint density at radius 3 is 2.50 bits per heavy atom. The molecular formula is C20H21ClIN5O. The lowest BCUT2D eigenvalue weighted by Crippen LogP contribution is -2.30. The molecule has 0 bridgehead atoms. The zero-order valence-electron chi connectivity index (χ0n) is 15.5. The third-order valence-electron chi connectivity index (χ3n) is 4.21. The molecule has 2 heterocycles. The Bertz CT molecular complexity index is 939. The van der Waals surface area contributed by atoms with Gasteiger partial charge in [0.2, 0.25) is 5.95 Å². The number of benzene rings is 1. The van der Waals surface area contributed by atoms with E-state index >= 15 is 0 Å². The Kier molecular flexibility index (Phi) is 7.03. The molecule has 0 saturated carbocycles. The molecule has 0 aliphatic rings. The molecule has 3 N–H and O–H groups in total. The van der Waals surface area contributed by atoms with Crippen molar-refractivity contribution in [1.82, 2.24) is 15.0 Å². The second kappa shape index (κ2) is 9.49. The molecule has 146 valence electrons. The van der Waals surface area contributed by atoms with Gasteiger partial charge in [0.15, 0.2) is 0 Å². The number of halogens is 2. The summed E-state index contributed by atoms with van der Waals surface area (Å²) in [4.78, 5) is 13.2. The van der Waals surface area contributed by atoms with Crippen molar-refractivity contribution < 1.29 is 5.11 Å². The molecule has 0 radical (unpaired) electrons. The van der Waals surface area contributed by atoms with Gasteiger partial charge in [-0.3, -0.25) is 4.98 Å². The van der Waals surface area contributed by atoms with Crippen LogP contribution in [0.4, 0.5) is 17.5 Å². The molecule has 0 aliphatic heterocycles. The highest BCUT2D eigenvalue weighted by Crippen LogP contribution is 2.29. The molecule has 0 aliphatic carbocycles. The van der Waals surface area contributed by atoms with Crippen LogP contribution < -0.4 is 10.6 Å². The number of nitrogens with one attached hydrogen (secondary N) is 2. The monoisotopic (exact) mass is 509 g/mol. The van der Waals surface area contributed by atoms with Crippen molar-refractivity contribution in [3.05, 3.63) is 57.4 Å². The van der Waals surface area contributed by atoms with Gasteiger partial charge in [-0.2, -0.15) is 4.98 Å². The molecular weight excluding hydrogens is 489 g/mol. The molecule has 0 amide bonds. The number of aromatic nitrogens is 3. The third kappa shape index (κ3) is 5.30. The van der Waals surface area contributed by atoms with Crippen LogP contribution in [0.5, 0.6) is 0 Å².